The van der Waals surface area contributed by atoms with Gasteiger partial charge in [0.2, 0.25) is 0 Å². The van der Waals surface area contributed by atoms with E-state index in [9.17, 15) is 14.7 Å². The Bertz CT molecular complexity index is 1110. The molecule has 0 radical (unpaired) electrons. The van der Waals surface area contributed by atoms with E-state index in [1.54, 1.807) is 18.2 Å². The van der Waals surface area contributed by atoms with Crippen LogP contribution in [0.2, 0.25) is 0 Å². The van der Waals surface area contributed by atoms with Crippen LogP contribution in [0, 0.1) is 0 Å². The molecule has 3 aromatic rings. The minimum atomic E-state index is -1.17. The lowest BCUT2D eigenvalue weighted by molar-refractivity contribution is -0.152. The van der Waals surface area contributed by atoms with E-state index in [4.69, 9.17) is 4.74 Å². The number of carboxylic acid groups (broad SMARTS) is 1. The highest BCUT2D eigenvalue weighted by Gasteiger charge is 2.44. The molecule has 6 heteroatoms. The average molecular weight is 450 g/mol. The van der Waals surface area contributed by atoms with Gasteiger partial charge >= 0.3 is 5.97 Å². The molecule has 3 aromatic carbocycles. The summed E-state index contributed by atoms with van der Waals surface area (Å²) in [5.41, 5.74) is 4.34. The summed E-state index contributed by atoms with van der Waals surface area (Å²) in [5, 5.41) is 10.2. The summed E-state index contributed by atoms with van der Waals surface area (Å²) >= 11 is 3.41. The first-order valence-electron chi connectivity index (χ1n) is 9.20. The van der Waals surface area contributed by atoms with E-state index < -0.39 is 18.1 Å². The van der Waals surface area contributed by atoms with E-state index in [1.807, 2.05) is 48.5 Å². The number of carboxylic acids is 1. The van der Waals surface area contributed by atoms with Crippen LogP contribution in [-0.4, -0.2) is 28.5 Å². The van der Waals surface area contributed by atoms with Crippen molar-refractivity contribution in [3.8, 4) is 16.9 Å². The minimum absolute atomic E-state index is 0.209. The molecule has 1 atom stereocenters. The number of benzene rings is 3. The second kappa shape index (κ2) is 6.74. The smallest absolute Gasteiger partial charge is 0.331 e. The first kappa shape index (κ1) is 17.9. The van der Waals surface area contributed by atoms with E-state index >= 15 is 0 Å². The molecule has 1 amide bonds. The SMILES string of the molecule is O=C(O)C1c2cc(Br)ccc2OCC(=O)N1C1c2ccccc2-c2ccccc21. The molecule has 1 aliphatic heterocycles. The Balaban J connectivity index is 1.76. The van der Waals surface area contributed by atoms with Crippen LogP contribution in [0.15, 0.2) is 71.2 Å². The zero-order valence-electron chi connectivity index (χ0n) is 15.2. The lowest BCUT2D eigenvalue weighted by Gasteiger charge is -2.34. The number of hydrogen-bond acceptors (Lipinski definition) is 3. The molecule has 0 saturated carbocycles. The van der Waals surface area contributed by atoms with Crippen molar-refractivity contribution in [1.29, 1.82) is 0 Å². The van der Waals surface area contributed by atoms with Crippen LogP contribution in [0.25, 0.3) is 11.1 Å². The van der Waals surface area contributed by atoms with Crippen LogP contribution in [0.3, 0.4) is 0 Å². The summed E-state index contributed by atoms with van der Waals surface area (Å²) in [6, 6.07) is 19.2. The van der Waals surface area contributed by atoms with Crippen LogP contribution < -0.4 is 4.74 Å². The Morgan fingerprint density at radius 2 is 1.59 bits per heavy atom. The number of halogens is 1. The molecule has 5 rings (SSSR count). The summed E-state index contributed by atoms with van der Waals surface area (Å²) in [7, 11) is 0. The monoisotopic (exact) mass is 449 g/mol. The number of ether oxygens (including phenoxy) is 1. The molecule has 2 aliphatic rings. The van der Waals surface area contributed by atoms with E-state index in [1.165, 1.54) is 4.90 Å². The van der Waals surface area contributed by atoms with Crippen LogP contribution >= 0.6 is 15.9 Å². The number of nitrogens with zero attached hydrogens (tertiary/aromatic N) is 1. The molecule has 1 N–H and O–H groups in total. The van der Waals surface area contributed by atoms with Gasteiger partial charge in [-0.3, -0.25) is 4.79 Å². The molecular formula is C23H16BrNO4. The molecule has 144 valence electrons. The third kappa shape index (κ3) is 2.75. The predicted octanol–water partition coefficient (Wildman–Crippen LogP) is 4.57. The van der Waals surface area contributed by atoms with Crippen LogP contribution in [0.4, 0.5) is 0 Å². The van der Waals surface area contributed by atoms with Crippen molar-refractivity contribution >= 4 is 27.8 Å². The van der Waals surface area contributed by atoms with Gasteiger partial charge in [0.05, 0.1) is 6.04 Å². The molecule has 5 nitrogen and oxygen atoms in total. The Labute approximate surface area is 175 Å². The quantitative estimate of drug-likeness (QED) is 0.622. The Kier molecular flexibility index (Phi) is 4.17. The van der Waals surface area contributed by atoms with Gasteiger partial charge in [0.1, 0.15) is 5.75 Å². The third-order valence-corrected chi connectivity index (χ3v) is 5.99. The van der Waals surface area contributed by atoms with Gasteiger partial charge in [0.25, 0.3) is 5.91 Å². The second-order valence-electron chi connectivity index (χ2n) is 7.09. The molecular weight excluding hydrogens is 434 g/mol. The van der Waals surface area contributed by atoms with E-state index in [0.717, 1.165) is 26.7 Å². The van der Waals surface area contributed by atoms with Gasteiger partial charge in [-0.25, -0.2) is 4.79 Å². The average Bonchev–Trinajstić information content (AvgIpc) is 2.97. The number of rotatable bonds is 2. The number of fused-ring (bicyclic) bond motifs is 4. The summed E-state index contributed by atoms with van der Waals surface area (Å²) in [6.45, 7) is -0.209. The maximum absolute atomic E-state index is 13.2. The Hall–Kier alpha value is -3.12. The van der Waals surface area contributed by atoms with Gasteiger partial charge in [-0.1, -0.05) is 64.5 Å². The van der Waals surface area contributed by atoms with Crippen molar-refractivity contribution in [3.05, 3.63) is 87.9 Å². The second-order valence-corrected chi connectivity index (χ2v) is 8.01. The third-order valence-electron chi connectivity index (χ3n) is 5.50. The van der Waals surface area contributed by atoms with Gasteiger partial charge in [-0.2, -0.15) is 0 Å². The molecule has 0 saturated heterocycles. The number of aliphatic carboxylic acids is 1. The zero-order chi connectivity index (χ0) is 20.1. The first-order valence-corrected chi connectivity index (χ1v) is 10.00. The van der Waals surface area contributed by atoms with Crippen molar-refractivity contribution < 1.29 is 19.4 Å². The Morgan fingerprint density at radius 1 is 0.966 bits per heavy atom. The molecule has 0 spiro atoms. The van der Waals surface area contributed by atoms with Crippen LogP contribution in [0.1, 0.15) is 28.8 Å². The van der Waals surface area contributed by atoms with Crippen molar-refractivity contribution in [2.45, 2.75) is 12.1 Å². The fraction of sp³-hybridized carbons (Fsp3) is 0.130. The fourth-order valence-corrected chi connectivity index (χ4v) is 4.72. The van der Waals surface area contributed by atoms with Gasteiger partial charge in [-0.15, -0.1) is 0 Å². The summed E-state index contributed by atoms with van der Waals surface area (Å²) in [6.07, 6.45) is 0. The standard InChI is InChI=1S/C23H16BrNO4/c24-13-9-10-19-18(11-13)22(23(27)28)25(20(26)12-29-19)21-16-7-3-1-5-14(16)15-6-2-4-8-17(15)21/h1-11,21-22H,12H2,(H,27,28). The molecule has 1 unspecified atom stereocenters. The predicted molar refractivity (Wildman–Crippen MR) is 111 cm³/mol. The van der Waals surface area contributed by atoms with E-state index in [0.29, 0.717) is 11.3 Å². The number of carbonyl (C=O) groups excluding carboxylic acids is 1. The van der Waals surface area contributed by atoms with Gasteiger partial charge < -0.3 is 14.7 Å². The highest BCUT2D eigenvalue weighted by molar-refractivity contribution is 9.10. The van der Waals surface area contributed by atoms with Gasteiger partial charge in [-0.05, 0) is 40.5 Å². The normalized spacial score (nSPS) is 17.8. The largest absolute Gasteiger partial charge is 0.483 e. The van der Waals surface area contributed by atoms with Crippen molar-refractivity contribution in [3.63, 3.8) is 0 Å². The molecule has 0 bridgehead atoms. The van der Waals surface area contributed by atoms with Crippen molar-refractivity contribution in [2.24, 2.45) is 0 Å². The highest BCUT2D eigenvalue weighted by atomic mass is 79.9. The molecule has 0 fully saturated rings. The highest BCUT2D eigenvalue weighted by Crippen LogP contribution is 2.50. The number of carbonyl (C=O) groups is 2. The maximum atomic E-state index is 13.2. The topological polar surface area (TPSA) is 66.8 Å². The summed E-state index contributed by atoms with van der Waals surface area (Å²) in [4.78, 5) is 27.1. The molecule has 1 aliphatic carbocycles. The van der Waals surface area contributed by atoms with Crippen LogP contribution in [-0.2, 0) is 9.59 Å². The number of amides is 1. The van der Waals surface area contributed by atoms with E-state index in [2.05, 4.69) is 15.9 Å². The molecule has 0 aromatic heterocycles. The lowest BCUT2D eigenvalue weighted by atomic mass is 9.97. The fourth-order valence-electron chi connectivity index (χ4n) is 4.35. The molecule has 1 heterocycles. The summed E-state index contributed by atoms with van der Waals surface area (Å²) < 4.78 is 6.42. The Morgan fingerprint density at radius 3 is 2.21 bits per heavy atom. The molecule has 29 heavy (non-hydrogen) atoms. The van der Waals surface area contributed by atoms with Crippen molar-refractivity contribution in [1.82, 2.24) is 4.90 Å². The first-order chi connectivity index (χ1) is 14.1. The minimum Gasteiger partial charge on any atom is -0.483 e. The van der Waals surface area contributed by atoms with E-state index in [-0.39, 0.29) is 12.5 Å². The van der Waals surface area contributed by atoms with Gasteiger partial charge in [0.15, 0.2) is 12.6 Å². The lowest BCUT2D eigenvalue weighted by Crippen LogP contribution is -2.42. The number of hydrogen-bond donors (Lipinski definition) is 1. The van der Waals surface area contributed by atoms with Crippen molar-refractivity contribution in [2.75, 3.05) is 6.61 Å². The summed E-state index contributed by atoms with van der Waals surface area (Å²) in [5.74, 6) is -1.04. The zero-order valence-corrected chi connectivity index (χ0v) is 16.8. The van der Waals surface area contributed by atoms with Gasteiger partial charge in [0, 0.05) is 10.0 Å². The maximum Gasteiger partial charge on any atom is 0.331 e. The van der Waals surface area contributed by atoms with Crippen LogP contribution in [0.5, 0.6) is 5.75 Å².